The lowest BCUT2D eigenvalue weighted by Crippen LogP contribution is -2.51. The molecule has 0 spiro atoms. The van der Waals surface area contributed by atoms with Gasteiger partial charge in [0.2, 0.25) is 5.88 Å². The highest BCUT2D eigenvalue weighted by atomic mass is 19.1. The molecule has 0 radical (unpaired) electrons. The van der Waals surface area contributed by atoms with Crippen molar-refractivity contribution in [3.8, 4) is 41.2 Å². The summed E-state index contributed by atoms with van der Waals surface area (Å²) in [5.74, 6) is 4.21. The van der Waals surface area contributed by atoms with E-state index in [4.69, 9.17) is 15.9 Å². The summed E-state index contributed by atoms with van der Waals surface area (Å²) in [4.78, 5) is 22.6. The van der Waals surface area contributed by atoms with Crippen LogP contribution in [0.25, 0.3) is 32.9 Å². The number of rotatable bonds is 3. The van der Waals surface area contributed by atoms with Gasteiger partial charge in [0.25, 0.3) is 0 Å². The number of fused-ring (bicyclic) bond motifs is 9. The molecule has 0 aliphatic carbocycles. The molecule has 2 bridgehead atoms. The van der Waals surface area contributed by atoms with Crippen LogP contribution in [0.1, 0.15) is 49.3 Å². The Hall–Kier alpha value is -5.05. The van der Waals surface area contributed by atoms with Crippen LogP contribution in [0.15, 0.2) is 54.9 Å². The number of pyridine rings is 2. The zero-order valence-corrected chi connectivity index (χ0v) is 27.8. The molecule has 4 fully saturated rings. The number of nitrogens with one attached hydrogen (secondary N) is 1. The molecule has 5 atom stereocenters. The van der Waals surface area contributed by atoms with E-state index in [0.29, 0.717) is 57.1 Å². The lowest BCUT2D eigenvalue weighted by Gasteiger charge is -2.34. The molecule has 11 heteroatoms. The quantitative estimate of drug-likeness (QED) is 0.235. The van der Waals surface area contributed by atoms with Gasteiger partial charge >= 0.3 is 6.01 Å². The molecule has 10 nitrogen and oxygen atoms in total. The zero-order valence-electron chi connectivity index (χ0n) is 27.8. The van der Waals surface area contributed by atoms with Crippen LogP contribution in [0, 0.1) is 24.1 Å². The zero-order chi connectivity index (χ0) is 33.9. The molecular weight excluding hydrogens is 633 g/mol. The summed E-state index contributed by atoms with van der Waals surface area (Å²) in [5, 5.41) is 15.8. The molecule has 50 heavy (non-hydrogen) atoms. The van der Waals surface area contributed by atoms with E-state index < -0.39 is 5.82 Å². The van der Waals surface area contributed by atoms with Gasteiger partial charge in [-0.2, -0.15) is 9.97 Å². The van der Waals surface area contributed by atoms with E-state index in [0.717, 1.165) is 44.5 Å². The van der Waals surface area contributed by atoms with Crippen molar-refractivity contribution in [3.05, 3.63) is 71.8 Å². The first-order chi connectivity index (χ1) is 24.5. The molecule has 5 aliphatic rings. The van der Waals surface area contributed by atoms with Crippen molar-refractivity contribution < 1.29 is 19.0 Å². The van der Waals surface area contributed by atoms with Crippen molar-refractivity contribution in [2.24, 2.45) is 5.92 Å². The molecular formula is C39H38FN7O3. The molecule has 5 unspecified atom stereocenters. The summed E-state index contributed by atoms with van der Waals surface area (Å²) in [7, 11) is 1.47. The first kappa shape index (κ1) is 31.0. The van der Waals surface area contributed by atoms with Crippen LogP contribution in [0.4, 0.5) is 10.2 Å². The average Bonchev–Trinajstić information content (AvgIpc) is 3.85. The molecule has 2 aromatic carbocycles. The summed E-state index contributed by atoms with van der Waals surface area (Å²) in [6.07, 6.45) is 15.4. The number of terminal acetylenes is 1. The van der Waals surface area contributed by atoms with Gasteiger partial charge < -0.3 is 24.8 Å². The SMILES string of the molecule is C#Cc1cccc2cc(O)cc(-c3ncc4c(N5CC6CCC(C5)N6)nc(OC)nc4c3F)c12.c1cnc2c(c1)C1C(CO2)CC2CCCN21. The lowest BCUT2D eigenvalue weighted by atomic mass is 9.91. The van der Waals surface area contributed by atoms with E-state index in [2.05, 4.69) is 47.0 Å². The Balaban J connectivity index is 0.000000174. The highest BCUT2D eigenvalue weighted by Gasteiger charge is 2.47. The number of nitrogens with zero attached hydrogens (tertiary/aromatic N) is 6. The van der Waals surface area contributed by atoms with Crippen LogP contribution in [0.3, 0.4) is 0 Å². The van der Waals surface area contributed by atoms with Gasteiger partial charge in [0.1, 0.15) is 22.8 Å². The van der Waals surface area contributed by atoms with E-state index >= 15 is 4.39 Å². The van der Waals surface area contributed by atoms with Crippen molar-refractivity contribution >= 4 is 27.5 Å². The molecule has 5 aromatic rings. The molecule has 3 aromatic heterocycles. The normalized spacial score (nSPS) is 24.9. The minimum Gasteiger partial charge on any atom is -0.508 e. The van der Waals surface area contributed by atoms with Crippen molar-refractivity contribution in [2.45, 2.75) is 56.3 Å². The minimum atomic E-state index is -0.615. The highest BCUT2D eigenvalue weighted by molar-refractivity contribution is 6.02. The molecule has 0 saturated carbocycles. The number of benzene rings is 2. The summed E-state index contributed by atoms with van der Waals surface area (Å²) in [6.45, 7) is 3.68. The summed E-state index contributed by atoms with van der Waals surface area (Å²) in [6, 6.07) is 15.0. The van der Waals surface area contributed by atoms with Crippen LogP contribution in [0.2, 0.25) is 0 Å². The topological polar surface area (TPSA) is 109 Å². The number of methoxy groups -OCH3 is 1. The second-order valence-electron chi connectivity index (χ2n) is 14.0. The van der Waals surface area contributed by atoms with E-state index in [1.54, 1.807) is 24.4 Å². The molecule has 5 aliphatic heterocycles. The van der Waals surface area contributed by atoms with E-state index in [9.17, 15) is 5.11 Å². The number of phenols is 1. The number of anilines is 1. The van der Waals surface area contributed by atoms with Gasteiger partial charge in [-0.15, -0.1) is 6.42 Å². The van der Waals surface area contributed by atoms with Gasteiger partial charge in [0, 0.05) is 77.6 Å². The van der Waals surface area contributed by atoms with Gasteiger partial charge in [-0.25, -0.2) is 9.37 Å². The maximum Gasteiger partial charge on any atom is 0.318 e. The van der Waals surface area contributed by atoms with Gasteiger partial charge in [-0.05, 0) is 68.3 Å². The van der Waals surface area contributed by atoms with Gasteiger partial charge in [-0.1, -0.05) is 24.1 Å². The van der Waals surface area contributed by atoms with Gasteiger partial charge in [0.05, 0.1) is 19.1 Å². The van der Waals surface area contributed by atoms with Crippen LogP contribution in [0.5, 0.6) is 17.6 Å². The van der Waals surface area contributed by atoms with Crippen LogP contribution >= 0.6 is 0 Å². The fourth-order valence-electron chi connectivity index (χ4n) is 8.98. The van der Waals surface area contributed by atoms with Gasteiger partial charge in [0.15, 0.2) is 5.82 Å². The second-order valence-corrected chi connectivity index (χ2v) is 14.0. The maximum absolute atomic E-state index is 16.1. The molecule has 10 rings (SSSR count). The van der Waals surface area contributed by atoms with Gasteiger partial charge in [-0.3, -0.25) is 9.88 Å². The number of aromatic hydroxyl groups is 1. The summed E-state index contributed by atoms with van der Waals surface area (Å²) < 4.78 is 27.2. The maximum atomic E-state index is 16.1. The Bertz CT molecular complexity index is 2160. The second kappa shape index (κ2) is 12.4. The Morgan fingerprint density at radius 3 is 2.76 bits per heavy atom. The predicted octanol–water partition coefficient (Wildman–Crippen LogP) is 5.62. The summed E-state index contributed by atoms with van der Waals surface area (Å²) in [5.41, 5.74) is 2.49. The minimum absolute atomic E-state index is 0.00443. The predicted molar refractivity (Wildman–Crippen MR) is 189 cm³/mol. The largest absolute Gasteiger partial charge is 0.508 e. The average molecular weight is 672 g/mol. The lowest BCUT2D eigenvalue weighted by molar-refractivity contribution is 0.145. The van der Waals surface area contributed by atoms with Crippen LogP contribution in [-0.4, -0.2) is 81.4 Å². The van der Waals surface area contributed by atoms with Crippen molar-refractivity contribution in [3.63, 3.8) is 0 Å². The molecule has 254 valence electrons. The number of ether oxygens (including phenoxy) is 2. The number of aromatic nitrogens is 4. The number of hydrogen-bond acceptors (Lipinski definition) is 10. The third-order valence-electron chi connectivity index (χ3n) is 11.1. The third kappa shape index (κ3) is 5.17. The van der Waals surface area contributed by atoms with Crippen molar-refractivity contribution in [2.75, 3.05) is 38.3 Å². The Morgan fingerprint density at radius 2 is 1.94 bits per heavy atom. The first-order valence-corrected chi connectivity index (χ1v) is 17.5. The fourth-order valence-corrected chi connectivity index (χ4v) is 8.98. The highest BCUT2D eigenvalue weighted by Crippen LogP contribution is 2.49. The standard InChI is InChI=1S/C26H22FN5O2.C13H16N2O/c1-3-14-5-4-6-15-9-18(33)10-19(21(14)15)23-22(27)24-20(11-28-23)25(31-26(30-24)34-2)32-12-16-7-8-17(13-32)29-16;1-4-11-12-9(8-16-13(11)14-5-1)7-10-3-2-6-15(10)12/h1,4-6,9-11,16-17,29,33H,7-8,12-13H2,2H3;1,4-5,9-10,12H,2-3,6-8H2. The Morgan fingerprint density at radius 1 is 1.08 bits per heavy atom. The smallest absolute Gasteiger partial charge is 0.318 e. The molecule has 4 saturated heterocycles. The van der Waals surface area contributed by atoms with E-state index in [-0.39, 0.29) is 23.0 Å². The van der Waals surface area contributed by atoms with Crippen molar-refractivity contribution in [1.82, 2.24) is 30.2 Å². The first-order valence-electron chi connectivity index (χ1n) is 17.5. The number of piperazine rings is 1. The van der Waals surface area contributed by atoms with E-state index in [1.807, 2.05) is 18.3 Å². The fraction of sp³-hybridized carbons (Fsp3) is 0.385. The Labute approximate surface area is 289 Å². The number of hydrogen-bond donors (Lipinski definition) is 2. The monoisotopic (exact) mass is 671 g/mol. The molecule has 2 N–H and O–H groups in total. The number of phenolic OH excluding ortho intramolecular Hbond substituents is 1. The Kier molecular flexibility index (Phi) is 7.66. The molecule has 8 heterocycles. The van der Waals surface area contributed by atoms with Crippen molar-refractivity contribution in [1.29, 1.82) is 0 Å². The molecule has 0 amide bonds. The third-order valence-corrected chi connectivity index (χ3v) is 11.1. The van der Waals surface area contributed by atoms with Crippen LogP contribution in [-0.2, 0) is 0 Å². The van der Waals surface area contributed by atoms with E-state index in [1.165, 1.54) is 44.5 Å². The summed E-state index contributed by atoms with van der Waals surface area (Å²) >= 11 is 0. The van der Waals surface area contributed by atoms with Crippen LogP contribution < -0.4 is 19.7 Å². The number of halogens is 1.